The molecule has 10 nitrogen and oxygen atoms in total. The van der Waals surface area contributed by atoms with Crippen LogP contribution in [-0.4, -0.2) is 85.1 Å². The first-order valence-corrected chi connectivity index (χ1v) is 13.6. The van der Waals surface area contributed by atoms with Crippen LogP contribution in [-0.2, 0) is 33.6 Å². The molecule has 10 heteroatoms. The number of carbonyl (C=O) groups is 3. The molecule has 2 aromatic rings. The van der Waals surface area contributed by atoms with Crippen molar-refractivity contribution in [2.24, 2.45) is 5.92 Å². The Labute approximate surface area is 223 Å². The molecule has 3 heterocycles. The topological polar surface area (TPSA) is 112 Å². The lowest BCUT2D eigenvalue weighted by Crippen LogP contribution is -2.40. The van der Waals surface area contributed by atoms with E-state index >= 15 is 0 Å². The van der Waals surface area contributed by atoms with Gasteiger partial charge in [0, 0.05) is 50.9 Å². The number of aryl methyl sites for hydroxylation is 1. The lowest BCUT2D eigenvalue weighted by atomic mass is 10.1. The molecule has 0 radical (unpaired) electrons. The van der Waals surface area contributed by atoms with Gasteiger partial charge in [0.25, 0.3) is 11.8 Å². The van der Waals surface area contributed by atoms with E-state index in [2.05, 4.69) is 5.32 Å². The molecule has 2 amide bonds. The summed E-state index contributed by atoms with van der Waals surface area (Å²) in [6.45, 7) is 8.79. The van der Waals surface area contributed by atoms with Gasteiger partial charge >= 0.3 is 5.97 Å². The lowest BCUT2D eigenvalue weighted by Gasteiger charge is -2.26. The number of hydrogen-bond donors (Lipinski definition) is 1. The Bertz CT molecular complexity index is 1110. The van der Waals surface area contributed by atoms with Gasteiger partial charge in [0.1, 0.15) is 0 Å². The molecule has 0 saturated carbocycles. The van der Waals surface area contributed by atoms with Crippen LogP contribution >= 0.6 is 0 Å². The normalized spacial score (nSPS) is 17.6. The van der Waals surface area contributed by atoms with Gasteiger partial charge in [-0.3, -0.25) is 14.3 Å². The number of esters is 1. The second kappa shape index (κ2) is 13.5. The van der Waals surface area contributed by atoms with Gasteiger partial charge in [0.05, 0.1) is 42.3 Å². The van der Waals surface area contributed by atoms with E-state index in [1.807, 2.05) is 18.5 Å². The van der Waals surface area contributed by atoms with Crippen molar-refractivity contribution in [3.05, 3.63) is 52.3 Å². The fraction of sp³-hybridized carbons (Fsp3) is 0.571. The predicted octanol–water partition coefficient (Wildman–Crippen LogP) is 2.49. The highest BCUT2D eigenvalue weighted by atomic mass is 16.5. The van der Waals surface area contributed by atoms with Crippen molar-refractivity contribution in [3.8, 4) is 0 Å². The Morgan fingerprint density at radius 1 is 1.05 bits per heavy atom. The number of carbonyl (C=O) groups excluding carboxylic acids is 3. The molecule has 1 fully saturated rings. The van der Waals surface area contributed by atoms with Crippen molar-refractivity contribution in [2.75, 3.05) is 52.7 Å². The van der Waals surface area contributed by atoms with Crippen LogP contribution in [0.15, 0.2) is 24.3 Å². The van der Waals surface area contributed by atoms with E-state index in [0.717, 1.165) is 24.2 Å². The summed E-state index contributed by atoms with van der Waals surface area (Å²) in [5.41, 5.74) is 3.30. The molecule has 1 saturated heterocycles. The summed E-state index contributed by atoms with van der Waals surface area (Å²) < 4.78 is 18.4. The Morgan fingerprint density at radius 2 is 1.74 bits per heavy atom. The monoisotopic (exact) mass is 526 g/mol. The molecular formula is C28H38N4O6. The predicted molar refractivity (Wildman–Crippen MR) is 140 cm³/mol. The number of nitrogens with one attached hydrogen (secondary N) is 1. The van der Waals surface area contributed by atoms with Gasteiger partial charge < -0.3 is 24.4 Å². The van der Waals surface area contributed by atoms with Gasteiger partial charge in [-0.25, -0.2) is 4.79 Å². The zero-order chi connectivity index (χ0) is 26.9. The standard InChI is InChI=1S/C28H38N4O6/c1-3-23-25-24(6-4-14-36-15-5-11-29-26(25)33)32(30-23)18-20(2)19-38-28(35)22-9-7-21(8-10-22)27(34)31-12-16-37-17-13-31/h7-10,20H,3-6,11-19H2,1-2H3,(H,29,33)/t20-/m1/s1. The quantitative estimate of drug-likeness (QED) is 0.552. The minimum atomic E-state index is -0.437. The molecule has 0 aliphatic carbocycles. The second-order valence-electron chi connectivity index (χ2n) is 9.81. The van der Waals surface area contributed by atoms with Crippen molar-refractivity contribution in [1.82, 2.24) is 20.0 Å². The highest BCUT2D eigenvalue weighted by Crippen LogP contribution is 2.20. The molecule has 1 aromatic heterocycles. The van der Waals surface area contributed by atoms with Crippen molar-refractivity contribution in [2.45, 2.75) is 46.1 Å². The van der Waals surface area contributed by atoms with Crippen LogP contribution in [0, 0.1) is 5.92 Å². The average molecular weight is 527 g/mol. The number of benzene rings is 1. The van der Waals surface area contributed by atoms with E-state index < -0.39 is 5.97 Å². The summed E-state index contributed by atoms with van der Waals surface area (Å²) in [4.78, 5) is 40.0. The molecule has 1 N–H and O–H groups in total. The van der Waals surface area contributed by atoms with Gasteiger partial charge in [0.15, 0.2) is 0 Å². The van der Waals surface area contributed by atoms with Gasteiger partial charge in [-0.15, -0.1) is 0 Å². The molecule has 0 spiro atoms. The Hall–Kier alpha value is -3.24. The van der Waals surface area contributed by atoms with Crippen molar-refractivity contribution >= 4 is 17.8 Å². The Balaban J connectivity index is 1.36. The van der Waals surface area contributed by atoms with Gasteiger partial charge in [-0.05, 0) is 49.9 Å². The molecule has 206 valence electrons. The molecule has 4 rings (SSSR count). The van der Waals surface area contributed by atoms with E-state index in [0.29, 0.717) is 82.1 Å². The second-order valence-corrected chi connectivity index (χ2v) is 9.81. The number of aromatic nitrogens is 2. The number of nitrogens with zero attached hydrogens (tertiary/aromatic N) is 3. The van der Waals surface area contributed by atoms with E-state index in [9.17, 15) is 14.4 Å². The molecule has 2 aliphatic heterocycles. The van der Waals surface area contributed by atoms with Crippen LogP contribution < -0.4 is 5.32 Å². The largest absolute Gasteiger partial charge is 0.462 e. The molecule has 1 aromatic carbocycles. The maximum atomic E-state index is 12.9. The van der Waals surface area contributed by atoms with Crippen molar-refractivity contribution in [1.29, 1.82) is 0 Å². The molecule has 0 bridgehead atoms. The molecule has 2 aliphatic rings. The number of ether oxygens (including phenoxy) is 3. The minimum absolute atomic E-state index is 0.0210. The zero-order valence-corrected chi connectivity index (χ0v) is 22.4. The number of hydrogen-bond acceptors (Lipinski definition) is 7. The number of morpholine rings is 1. The van der Waals surface area contributed by atoms with Crippen LogP contribution in [0.1, 0.15) is 69.2 Å². The lowest BCUT2D eigenvalue weighted by molar-refractivity contribution is 0.0302. The van der Waals surface area contributed by atoms with Crippen LogP contribution in [0.5, 0.6) is 0 Å². The summed E-state index contributed by atoms with van der Waals surface area (Å²) in [6.07, 6.45) is 2.94. The number of amides is 2. The zero-order valence-electron chi connectivity index (χ0n) is 22.4. The Kier molecular flexibility index (Phi) is 9.89. The first-order valence-electron chi connectivity index (χ1n) is 13.6. The third-order valence-corrected chi connectivity index (χ3v) is 6.79. The molecule has 0 unspecified atom stereocenters. The molecule has 1 atom stereocenters. The maximum Gasteiger partial charge on any atom is 0.338 e. The first-order chi connectivity index (χ1) is 18.5. The third kappa shape index (κ3) is 6.99. The highest BCUT2D eigenvalue weighted by molar-refractivity contribution is 5.97. The van der Waals surface area contributed by atoms with E-state index in [1.165, 1.54) is 0 Å². The highest BCUT2D eigenvalue weighted by Gasteiger charge is 2.24. The van der Waals surface area contributed by atoms with Crippen LogP contribution in [0.3, 0.4) is 0 Å². The summed E-state index contributed by atoms with van der Waals surface area (Å²) in [5.74, 6) is -0.607. The average Bonchev–Trinajstić information content (AvgIpc) is 3.28. The van der Waals surface area contributed by atoms with Gasteiger partial charge in [0.2, 0.25) is 0 Å². The van der Waals surface area contributed by atoms with Crippen LogP contribution in [0.4, 0.5) is 0 Å². The SMILES string of the molecule is CCc1nn(C[C@@H](C)COC(=O)c2ccc(C(=O)N3CCOCC3)cc2)c2c1C(=O)NCCCOCCC2. The fourth-order valence-corrected chi connectivity index (χ4v) is 4.72. The van der Waals surface area contributed by atoms with Gasteiger partial charge in [-0.1, -0.05) is 13.8 Å². The van der Waals surface area contributed by atoms with Crippen molar-refractivity contribution < 1.29 is 28.6 Å². The maximum absolute atomic E-state index is 12.9. The van der Waals surface area contributed by atoms with Crippen LogP contribution in [0.25, 0.3) is 0 Å². The van der Waals surface area contributed by atoms with E-state index in [-0.39, 0.29) is 24.3 Å². The smallest absolute Gasteiger partial charge is 0.338 e. The van der Waals surface area contributed by atoms with E-state index in [4.69, 9.17) is 19.3 Å². The first kappa shape index (κ1) is 27.8. The summed E-state index contributed by atoms with van der Waals surface area (Å²) in [7, 11) is 0. The van der Waals surface area contributed by atoms with Crippen molar-refractivity contribution in [3.63, 3.8) is 0 Å². The van der Waals surface area contributed by atoms with Crippen LogP contribution in [0.2, 0.25) is 0 Å². The number of rotatable bonds is 7. The molecule has 38 heavy (non-hydrogen) atoms. The third-order valence-electron chi connectivity index (χ3n) is 6.79. The Morgan fingerprint density at radius 3 is 2.47 bits per heavy atom. The minimum Gasteiger partial charge on any atom is -0.462 e. The summed E-state index contributed by atoms with van der Waals surface area (Å²) >= 11 is 0. The molecular weight excluding hydrogens is 488 g/mol. The number of fused-ring (bicyclic) bond motifs is 1. The summed E-state index contributed by atoms with van der Waals surface area (Å²) in [5, 5.41) is 7.74. The van der Waals surface area contributed by atoms with Gasteiger partial charge in [-0.2, -0.15) is 5.10 Å². The van der Waals surface area contributed by atoms with E-state index in [1.54, 1.807) is 29.2 Å². The fourth-order valence-electron chi connectivity index (χ4n) is 4.72. The summed E-state index contributed by atoms with van der Waals surface area (Å²) in [6, 6.07) is 6.57.